The molecule has 2 nitrogen and oxygen atoms in total. The summed E-state index contributed by atoms with van der Waals surface area (Å²) in [6.07, 6.45) is 0. The summed E-state index contributed by atoms with van der Waals surface area (Å²) < 4.78 is 0. The highest BCUT2D eigenvalue weighted by Crippen LogP contribution is 2.63. The molecule has 2 aliphatic carbocycles. The van der Waals surface area contributed by atoms with Crippen LogP contribution in [0, 0.1) is 0 Å². The van der Waals surface area contributed by atoms with Crippen LogP contribution in [-0.2, 0) is 5.41 Å². The molecule has 0 saturated carbocycles. The molecule has 8 aromatic carbocycles. The van der Waals surface area contributed by atoms with E-state index in [0.29, 0.717) is 0 Å². The SMILES string of the molecule is c1ccc(-c2ccc(-c3ccc(-c4nc(-c5cccc6ccccc56)c5c(n4)C4(c6ccccc6-c6ccccc64)c4ccccc4-5)cc3)cc2)cc1. The van der Waals surface area contributed by atoms with Crippen LogP contribution in [0.25, 0.3) is 77.9 Å². The Kier molecular flexibility index (Phi) is 6.50. The number of hydrogen-bond donors (Lipinski definition) is 0. The van der Waals surface area contributed by atoms with Crippen molar-refractivity contribution in [3.05, 3.63) is 217 Å². The predicted molar refractivity (Wildman–Crippen MR) is 218 cm³/mol. The molecule has 0 saturated heterocycles. The van der Waals surface area contributed by atoms with Crippen molar-refractivity contribution in [1.82, 2.24) is 9.97 Å². The first-order chi connectivity index (χ1) is 26.3. The molecule has 0 atom stereocenters. The Morgan fingerprint density at radius 2 is 0.774 bits per heavy atom. The Labute approximate surface area is 308 Å². The lowest BCUT2D eigenvalue weighted by atomic mass is 9.72. The first-order valence-corrected chi connectivity index (χ1v) is 18.3. The van der Waals surface area contributed by atoms with Gasteiger partial charge in [0.05, 0.1) is 16.8 Å². The average Bonchev–Trinajstić information content (AvgIpc) is 3.71. The van der Waals surface area contributed by atoms with Gasteiger partial charge in [0.1, 0.15) is 0 Å². The summed E-state index contributed by atoms with van der Waals surface area (Å²) in [6.45, 7) is 0. The van der Waals surface area contributed by atoms with Crippen LogP contribution in [-0.4, -0.2) is 9.97 Å². The van der Waals surface area contributed by atoms with Crippen molar-refractivity contribution in [2.45, 2.75) is 5.41 Å². The van der Waals surface area contributed by atoms with E-state index in [1.807, 2.05) is 0 Å². The van der Waals surface area contributed by atoms with Crippen LogP contribution in [0.3, 0.4) is 0 Å². The standard InChI is InChI=1S/C51H32N2/c1-2-13-33(14-3-1)34-25-27-35(28-26-34)36-29-31-38(32-30-36)50-52-48(42-21-12-16-37-15-4-5-17-39(37)42)47-43-20-8-11-24-46(43)51(49(47)53-50)44-22-9-6-18-40(44)41-19-7-10-23-45(41)51/h1-32H. The van der Waals surface area contributed by atoms with Gasteiger partial charge in [-0.25, -0.2) is 9.97 Å². The molecule has 0 aliphatic heterocycles. The van der Waals surface area contributed by atoms with Crippen molar-refractivity contribution < 1.29 is 0 Å². The molecule has 1 spiro atoms. The van der Waals surface area contributed by atoms with E-state index in [1.165, 1.54) is 60.8 Å². The lowest BCUT2D eigenvalue weighted by Crippen LogP contribution is -2.27. The van der Waals surface area contributed by atoms with E-state index < -0.39 is 5.41 Å². The maximum atomic E-state index is 5.67. The minimum Gasteiger partial charge on any atom is -0.231 e. The summed E-state index contributed by atoms with van der Waals surface area (Å²) in [4.78, 5) is 11.2. The van der Waals surface area contributed by atoms with E-state index >= 15 is 0 Å². The molecule has 1 heterocycles. The monoisotopic (exact) mass is 672 g/mol. The van der Waals surface area contributed by atoms with Crippen LogP contribution in [0.5, 0.6) is 0 Å². The Morgan fingerprint density at radius 3 is 1.42 bits per heavy atom. The highest BCUT2D eigenvalue weighted by Gasteiger charge is 2.54. The van der Waals surface area contributed by atoms with Crippen LogP contribution in [0.15, 0.2) is 194 Å². The molecule has 1 aromatic heterocycles. The van der Waals surface area contributed by atoms with Gasteiger partial charge in [-0.15, -0.1) is 0 Å². The van der Waals surface area contributed by atoms with Gasteiger partial charge in [-0.3, -0.25) is 0 Å². The molecule has 11 rings (SSSR count). The fourth-order valence-electron chi connectivity index (χ4n) is 8.98. The van der Waals surface area contributed by atoms with Crippen molar-refractivity contribution >= 4 is 10.8 Å². The minimum atomic E-state index is -0.573. The van der Waals surface area contributed by atoms with Crippen molar-refractivity contribution in [2.24, 2.45) is 0 Å². The third kappa shape index (κ3) is 4.33. The van der Waals surface area contributed by atoms with Gasteiger partial charge in [0.2, 0.25) is 0 Å². The topological polar surface area (TPSA) is 25.8 Å². The molecule has 2 aliphatic rings. The average molecular weight is 673 g/mol. The molecule has 0 unspecified atom stereocenters. The van der Waals surface area contributed by atoms with Gasteiger partial charge in [-0.05, 0) is 66.4 Å². The van der Waals surface area contributed by atoms with E-state index in [4.69, 9.17) is 9.97 Å². The lowest BCUT2D eigenvalue weighted by molar-refractivity contribution is 0.758. The third-order valence-corrected chi connectivity index (χ3v) is 11.3. The molecule has 246 valence electrons. The van der Waals surface area contributed by atoms with E-state index in [1.54, 1.807) is 0 Å². The summed E-state index contributed by atoms with van der Waals surface area (Å²) in [5.41, 5.74) is 17.0. The molecule has 0 amide bonds. The van der Waals surface area contributed by atoms with Crippen molar-refractivity contribution in [3.63, 3.8) is 0 Å². The van der Waals surface area contributed by atoms with Crippen molar-refractivity contribution in [3.8, 4) is 67.2 Å². The zero-order valence-electron chi connectivity index (χ0n) is 28.9. The second-order valence-corrected chi connectivity index (χ2v) is 14.1. The number of nitrogens with zero attached hydrogens (tertiary/aromatic N) is 2. The number of hydrogen-bond acceptors (Lipinski definition) is 2. The van der Waals surface area contributed by atoms with E-state index in [9.17, 15) is 0 Å². The zero-order valence-corrected chi connectivity index (χ0v) is 28.9. The Balaban J connectivity index is 1.15. The first kappa shape index (κ1) is 29.8. The van der Waals surface area contributed by atoms with Gasteiger partial charge in [0.15, 0.2) is 5.82 Å². The van der Waals surface area contributed by atoms with Crippen LogP contribution in [0.1, 0.15) is 22.4 Å². The number of benzene rings is 8. The quantitative estimate of drug-likeness (QED) is 0.186. The first-order valence-electron chi connectivity index (χ1n) is 18.3. The number of aromatic nitrogens is 2. The maximum Gasteiger partial charge on any atom is 0.160 e. The van der Waals surface area contributed by atoms with Gasteiger partial charge in [-0.2, -0.15) is 0 Å². The fourth-order valence-corrected chi connectivity index (χ4v) is 8.98. The van der Waals surface area contributed by atoms with E-state index in [-0.39, 0.29) is 0 Å². The minimum absolute atomic E-state index is 0.573. The van der Waals surface area contributed by atoms with E-state index in [0.717, 1.165) is 39.5 Å². The second-order valence-electron chi connectivity index (χ2n) is 14.1. The molecule has 0 N–H and O–H groups in total. The summed E-state index contributed by atoms with van der Waals surface area (Å²) in [5, 5.41) is 2.38. The van der Waals surface area contributed by atoms with Crippen LogP contribution >= 0.6 is 0 Å². The van der Waals surface area contributed by atoms with Crippen molar-refractivity contribution in [1.29, 1.82) is 0 Å². The Bertz CT molecular complexity index is 2820. The highest BCUT2D eigenvalue weighted by atomic mass is 14.9. The zero-order chi connectivity index (χ0) is 34.9. The highest BCUT2D eigenvalue weighted by molar-refractivity contribution is 6.04. The summed E-state index contributed by atoms with van der Waals surface area (Å²) in [7, 11) is 0. The summed E-state index contributed by atoms with van der Waals surface area (Å²) in [6, 6.07) is 70.0. The number of fused-ring (bicyclic) bond motifs is 11. The third-order valence-electron chi connectivity index (χ3n) is 11.3. The summed E-state index contributed by atoms with van der Waals surface area (Å²) >= 11 is 0. The van der Waals surface area contributed by atoms with Gasteiger partial charge in [-0.1, -0.05) is 194 Å². The number of rotatable bonds is 4. The fraction of sp³-hybridized carbons (Fsp3) is 0.0196. The molecule has 0 radical (unpaired) electrons. The Hall–Kier alpha value is -6.90. The molecule has 0 fully saturated rings. The van der Waals surface area contributed by atoms with Crippen LogP contribution in [0.4, 0.5) is 0 Å². The smallest absolute Gasteiger partial charge is 0.160 e. The van der Waals surface area contributed by atoms with E-state index in [2.05, 4.69) is 194 Å². The lowest BCUT2D eigenvalue weighted by Gasteiger charge is -2.29. The van der Waals surface area contributed by atoms with Gasteiger partial charge < -0.3 is 0 Å². The van der Waals surface area contributed by atoms with Crippen molar-refractivity contribution in [2.75, 3.05) is 0 Å². The van der Waals surface area contributed by atoms with Gasteiger partial charge in [0, 0.05) is 16.7 Å². The molecule has 9 aromatic rings. The Morgan fingerprint density at radius 1 is 0.321 bits per heavy atom. The predicted octanol–water partition coefficient (Wildman–Crippen LogP) is 12.6. The van der Waals surface area contributed by atoms with Crippen LogP contribution < -0.4 is 0 Å². The largest absolute Gasteiger partial charge is 0.231 e. The molecular formula is C51H32N2. The van der Waals surface area contributed by atoms with Gasteiger partial charge in [0.25, 0.3) is 0 Å². The molecule has 0 bridgehead atoms. The normalized spacial score (nSPS) is 13.1. The molecular weight excluding hydrogens is 641 g/mol. The van der Waals surface area contributed by atoms with Gasteiger partial charge >= 0.3 is 0 Å². The van der Waals surface area contributed by atoms with Crippen LogP contribution in [0.2, 0.25) is 0 Å². The molecule has 53 heavy (non-hydrogen) atoms. The maximum absolute atomic E-state index is 5.67. The second kappa shape index (κ2) is 11.6. The molecule has 2 heteroatoms. The summed E-state index contributed by atoms with van der Waals surface area (Å²) in [5.74, 6) is 0.728.